The Morgan fingerprint density at radius 2 is 1.77 bits per heavy atom. The first-order valence-corrected chi connectivity index (χ1v) is 13.1. The van der Waals surface area contributed by atoms with Gasteiger partial charge in [0.1, 0.15) is 5.75 Å². The molecule has 0 bridgehead atoms. The Morgan fingerprint density at radius 3 is 2.54 bits per heavy atom. The van der Waals surface area contributed by atoms with E-state index in [1.54, 1.807) is 36.4 Å². The molecule has 7 nitrogen and oxygen atoms in total. The number of nitrogens with one attached hydrogen (secondary N) is 1. The van der Waals surface area contributed by atoms with Gasteiger partial charge in [0.25, 0.3) is 10.0 Å². The molecule has 0 radical (unpaired) electrons. The minimum Gasteiger partial charge on any atom is -0.493 e. The van der Waals surface area contributed by atoms with Crippen LogP contribution in [0.1, 0.15) is 36.3 Å². The number of para-hydroxylation sites is 1. The van der Waals surface area contributed by atoms with Crippen LogP contribution in [0.25, 0.3) is 0 Å². The first-order chi connectivity index (χ1) is 16.8. The molecule has 3 unspecified atom stereocenters. The Hall–Kier alpha value is -3.36. The molecule has 1 saturated carbocycles. The molecule has 0 heterocycles. The average molecular weight is 496 g/mol. The van der Waals surface area contributed by atoms with Crippen LogP contribution in [-0.2, 0) is 21.2 Å². The molecule has 0 amide bonds. The van der Waals surface area contributed by atoms with Crippen LogP contribution in [0.2, 0.25) is 0 Å². The molecule has 0 spiro atoms. The summed E-state index contributed by atoms with van der Waals surface area (Å²) in [5.74, 6) is 0.0366. The molecule has 0 aromatic heterocycles. The number of benzene rings is 3. The number of carbonyl (C=O) groups is 1. The second kappa shape index (κ2) is 10.9. The summed E-state index contributed by atoms with van der Waals surface area (Å²) in [4.78, 5) is 11.1. The maximum absolute atomic E-state index is 12.6. The lowest BCUT2D eigenvalue weighted by atomic mass is 10.0. The largest absolute Gasteiger partial charge is 0.493 e. The predicted octanol–water partition coefficient (Wildman–Crippen LogP) is 4.44. The van der Waals surface area contributed by atoms with Crippen molar-refractivity contribution in [2.24, 2.45) is 5.92 Å². The Balaban J connectivity index is 1.30. The molecule has 0 aliphatic heterocycles. The highest BCUT2D eigenvalue weighted by molar-refractivity contribution is 7.92. The number of anilines is 1. The van der Waals surface area contributed by atoms with E-state index < -0.39 is 22.1 Å². The Labute approximate surface area is 205 Å². The summed E-state index contributed by atoms with van der Waals surface area (Å²) in [5, 5.41) is 19.6. The van der Waals surface area contributed by atoms with E-state index in [1.807, 2.05) is 42.5 Å². The van der Waals surface area contributed by atoms with Gasteiger partial charge in [-0.2, -0.15) is 0 Å². The highest BCUT2D eigenvalue weighted by Crippen LogP contribution is 2.50. The van der Waals surface area contributed by atoms with E-state index in [9.17, 15) is 18.3 Å². The van der Waals surface area contributed by atoms with Gasteiger partial charge in [0.15, 0.2) is 0 Å². The van der Waals surface area contributed by atoms with Crippen molar-refractivity contribution >= 4 is 21.7 Å². The van der Waals surface area contributed by atoms with Crippen molar-refractivity contribution in [3.05, 3.63) is 90.0 Å². The molecule has 1 aliphatic rings. The number of hydrogen-bond donors (Lipinski definition) is 3. The molecule has 3 aromatic carbocycles. The number of carboxylic acid groups (broad SMARTS) is 1. The first kappa shape index (κ1) is 24.8. The van der Waals surface area contributed by atoms with Gasteiger partial charge in [0, 0.05) is 18.5 Å². The number of rotatable bonds is 12. The molecule has 3 atom stereocenters. The number of hydrogen-bond acceptors (Lipinski definition) is 5. The van der Waals surface area contributed by atoms with E-state index in [0.717, 1.165) is 17.5 Å². The minimum absolute atomic E-state index is 0.0350. The Morgan fingerprint density at radius 1 is 1.03 bits per heavy atom. The van der Waals surface area contributed by atoms with Crippen LogP contribution in [0, 0.1) is 5.92 Å². The topological polar surface area (TPSA) is 113 Å². The molecular weight excluding hydrogens is 466 g/mol. The number of ether oxygens (including phenoxy) is 1. The quantitative estimate of drug-likeness (QED) is 0.342. The lowest BCUT2D eigenvalue weighted by molar-refractivity contribution is -0.136. The third-order valence-corrected chi connectivity index (χ3v) is 7.60. The average Bonchev–Trinajstić information content (AvgIpc) is 3.65. The van der Waals surface area contributed by atoms with Crippen LogP contribution in [0.5, 0.6) is 5.75 Å². The van der Waals surface area contributed by atoms with Crippen molar-refractivity contribution in [1.29, 1.82) is 0 Å². The first-order valence-electron chi connectivity index (χ1n) is 11.6. The zero-order valence-corrected chi connectivity index (χ0v) is 20.0. The fourth-order valence-corrected chi connectivity index (χ4v) is 5.34. The molecule has 35 heavy (non-hydrogen) atoms. The number of aliphatic carboxylic acids is 1. The highest BCUT2D eigenvalue weighted by Gasteiger charge is 2.43. The van der Waals surface area contributed by atoms with E-state index in [4.69, 9.17) is 9.84 Å². The summed E-state index contributed by atoms with van der Waals surface area (Å²) in [5.41, 5.74) is 2.32. The normalized spacial score (nSPS) is 18.0. The highest BCUT2D eigenvalue weighted by atomic mass is 32.2. The van der Waals surface area contributed by atoms with E-state index in [-0.39, 0.29) is 23.2 Å². The van der Waals surface area contributed by atoms with Crippen molar-refractivity contribution in [2.75, 3.05) is 11.3 Å². The summed E-state index contributed by atoms with van der Waals surface area (Å²) in [6, 6.07) is 22.9. The van der Waals surface area contributed by atoms with Crippen LogP contribution in [0.3, 0.4) is 0 Å². The van der Waals surface area contributed by atoms with E-state index in [1.165, 1.54) is 0 Å². The maximum Gasteiger partial charge on any atom is 0.303 e. The molecule has 0 saturated heterocycles. The van der Waals surface area contributed by atoms with Crippen molar-refractivity contribution in [2.45, 2.75) is 42.6 Å². The van der Waals surface area contributed by atoms with Gasteiger partial charge >= 0.3 is 5.97 Å². The second-order valence-electron chi connectivity index (χ2n) is 8.76. The summed E-state index contributed by atoms with van der Waals surface area (Å²) in [7, 11) is -3.66. The standard InChI is InChI=1S/C27H29NO6S/c29-25(15-16-34-26-12-5-4-7-19(26)13-14-27(30)31)24-18-23(24)20-8-6-9-21(17-20)28-35(32,33)22-10-2-1-3-11-22/h1-12,17,23-25,28-29H,13-16,18H2,(H,30,31). The second-order valence-corrected chi connectivity index (χ2v) is 10.4. The monoisotopic (exact) mass is 495 g/mol. The fourth-order valence-electron chi connectivity index (χ4n) is 4.27. The van der Waals surface area contributed by atoms with Gasteiger partial charge < -0.3 is 14.9 Å². The third kappa shape index (κ3) is 6.61. The van der Waals surface area contributed by atoms with Crippen LogP contribution in [-0.4, -0.2) is 37.3 Å². The zero-order valence-electron chi connectivity index (χ0n) is 19.2. The SMILES string of the molecule is O=C(O)CCc1ccccc1OCCC(O)C1CC1c1cccc(NS(=O)(=O)c2ccccc2)c1. The van der Waals surface area contributed by atoms with Crippen molar-refractivity contribution in [1.82, 2.24) is 0 Å². The van der Waals surface area contributed by atoms with Gasteiger partial charge in [-0.1, -0.05) is 48.5 Å². The minimum atomic E-state index is -3.66. The van der Waals surface area contributed by atoms with E-state index >= 15 is 0 Å². The molecule has 8 heteroatoms. The number of carboxylic acids is 1. The zero-order chi connectivity index (χ0) is 24.8. The number of aliphatic hydroxyl groups is 1. The lowest BCUT2D eigenvalue weighted by Gasteiger charge is -2.14. The molecule has 1 fully saturated rings. The van der Waals surface area contributed by atoms with Crippen molar-refractivity contribution < 1.29 is 28.2 Å². The molecule has 184 valence electrons. The lowest BCUT2D eigenvalue weighted by Crippen LogP contribution is -2.15. The summed E-state index contributed by atoms with van der Waals surface area (Å²) < 4.78 is 33.7. The Kier molecular flexibility index (Phi) is 7.73. The molecule has 3 aromatic rings. The molecule has 4 rings (SSSR count). The van der Waals surface area contributed by atoms with Gasteiger partial charge in [0.2, 0.25) is 0 Å². The van der Waals surface area contributed by atoms with Crippen molar-refractivity contribution in [3.8, 4) is 5.75 Å². The van der Waals surface area contributed by atoms with Crippen LogP contribution in [0.15, 0.2) is 83.8 Å². The van der Waals surface area contributed by atoms with Crippen LogP contribution < -0.4 is 9.46 Å². The summed E-state index contributed by atoms with van der Waals surface area (Å²) in [6.07, 6.45) is 1.16. The van der Waals surface area contributed by atoms with Gasteiger partial charge in [-0.3, -0.25) is 9.52 Å². The van der Waals surface area contributed by atoms with Crippen LogP contribution in [0.4, 0.5) is 5.69 Å². The molecular formula is C27H29NO6S. The number of sulfonamides is 1. The summed E-state index contributed by atoms with van der Waals surface area (Å²) >= 11 is 0. The van der Waals surface area contributed by atoms with Gasteiger partial charge in [0.05, 0.1) is 17.6 Å². The van der Waals surface area contributed by atoms with Crippen LogP contribution >= 0.6 is 0 Å². The summed E-state index contributed by atoms with van der Waals surface area (Å²) in [6.45, 7) is 0.325. The van der Waals surface area contributed by atoms with Gasteiger partial charge in [-0.05, 0) is 66.1 Å². The fraction of sp³-hybridized carbons (Fsp3) is 0.296. The maximum atomic E-state index is 12.6. The van der Waals surface area contributed by atoms with E-state index in [0.29, 0.717) is 30.9 Å². The molecule has 3 N–H and O–H groups in total. The number of aryl methyl sites for hydroxylation is 1. The smallest absolute Gasteiger partial charge is 0.303 e. The van der Waals surface area contributed by atoms with Gasteiger partial charge in [-0.25, -0.2) is 8.42 Å². The van der Waals surface area contributed by atoms with E-state index in [2.05, 4.69) is 4.72 Å². The number of aliphatic hydroxyl groups excluding tert-OH is 1. The van der Waals surface area contributed by atoms with Gasteiger partial charge in [-0.15, -0.1) is 0 Å². The predicted molar refractivity (Wildman–Crippen MR) is 133 cm³/mol. The third-order valence-electron chi connectivity index (χ3n) is 6.21. The Bertz CT molecular complexity index is 1260. The molecule has 1 aliphatic carbocycles. The van der Waals surface area contributed by atoms with Crippen molar-refractivity contribution in [3.63, 3.8) is 0 Å².